The minimum absolute atomic E-state index is 0.720. The third-order valence-electron chi connectivity index (χ3n) is 1.31. The summed E-state index contributed by atoms with van der Waals surface area (Å²) in [5, 5.41) is 0. The molecule has 0 aliphatic heterocycles. The molecule has 58 valence electrons. The Hall–Kier alpha value is -0.280. The maximum atomic E-state index is 10.4. The molecule has 0 radical (unpaired) electrons. The molecule has 1 aromatic carbocycles. The lowest BCUT2D eigenvalue weighted by Gasteiger charge is -1.99. The number of benzene rings is 1. The minimum atomic E-state index is 0.720. The van der Waals surface area contributed by atoms with Gasteiger partial charge in [-0.15, -0.1) is 11.8 Å². The molecule has 0 fully saturated rings. The molecule has 1 aromatic rings. The number of halogens is 1. The van der Waals surface area contributed by atoms with Gasteiger partial charge in [0.15, 0.2) is 0 Å². The number of aldehydes is 1. The lowest BCUT2D eigenvalue weighted by Crippen LogP contribution is -1.80. The van der Waals surface area contributed by atoms with Crippen LogP contribution in [0, 0.1) is 0 Å². The largest absolute Gasteiger partial charge is 0.298 e. The van der Waals surface area contributed by atoms with E-state index >= 15 is 0 Å². The molecule has 1 rings (SSSR count). The van der Waals surface area contributed by atoms with Gasteiger partial charge in [0.25, 0.3) is 0 Å². The van der Waals surface area contributed by atoms with Gasteiger partial charge in [-0.05, 0) is 34.3 Å². The SMILES string of the molecule is CSc1cc(C=O)ccc1Br. The highest BCUT2D eigenvalue weighted by atomic mass is 79.9. The molecular formula is C8H7BrOS. The molecule has 0 unspecified atom stereocenters. The van der Waals surface area contributed by atoms with Crippen molar-refractivity contribution in [2.45, 2.75) is 4.90 Å². The van der Waals surface area contributed by atoms with Crippen molar-refractivity contribution < 1.29 is 4.79 Å². The Morgan fingerprint density at radius 2 is 2.27 bits per heavy atom. The first-order valence-corrected chi connectivity index (χ1v) is 5.08. The Kier molecular flexibility index (Phi) is 3.15. The molecule has 0 bridgehead atoms. The summed E-state index contributed by atoms with van der Waals surface area (Å²) in [7, 11) is 0. The lowest BCUT2D eigenvalue weighted by molar-refractivity contribution is 0.112. The van der Waals surface area contributed by atoms with Crippen LogP contribution >= 0.6 is 27.7 Å². The number of thioether (sulfide) groups is 1. The molecule has 0 saturated heterocycles. The fraction of sp³-hybridized carbons (Fsp3) is 0.125. The lowest BCUT2D eigenvalue weighted by atomic mass is 10.2. The van der Waals surface area contributed by atoms with E-state index in [0.29, 0.717) is 0 Å². The van der Waals surface area contributed by atoms with Crippen LogP contribution in [0.4, 0.5) is 0 Å². The monoisotopic (exact) mass is 230 g/mol. The summed E-state index contributed by atoms with van der Waals surface area (Å²) in [6.07, 6.45) is 2.83. The van der Waals surface area contributed by atoms with Crippen molar-refractivity contribution in [3.8, 4) is 0 Å². The summed E-state index contributed by atoms with van der Waals surface area (Å²) in [5.41, 5.74) is 0.720. The highest BCUT2D eigenvalue weighted by molar-refractivity contribution is 9.10. The van der Waals surface area contributed by atoms with Gasteiger partial charge in [0.05, 0.1) is 0 Å². The highest BCUT2D eigenvalue weighted by Crippen LogP contribution is 2.25. The summed E-state index contributed by atoms with van der Waals surface area (Å²) in [4.78, 5) is 11.5. The van der Waals surface area contributed by atoms with E-state index in [2.05, 4.69) is 15.9 Å². The zero-order valence-electron chi connectivity index (χ0n) is 6.00. The molecule has 0 spiro atoms. The van der Waals surface area contributed by atoms with Gasteiger partial charge in [0.1, 0.15) is 6.29 Å². The fourth-order valence-electron chi connectivity index (χ4n) is 0.750. The van der Waals surface area contributed by atoms with Crippen LogP contribution < -0.4 is 0 Å². The predicted octanol–water partition coefficient (Wildman–Crippen LogP) is 2.98. The van der Waals surface area contributed by atoms with E-state index in [1.54, 1.807) is 17.8 Å². The Morgan fingerprint density at radius 3 is 2.82 bits per heavy atom. The molecule has 3 heteroatoms. The third kappa shape index (κ3) is 2.07. The molecule has 0 aliphatic carbocycles. The normalized spacial score (nSPS) is 9.64. The van der Waals surface area contributed by atoms with Crippen molar-refractivity contribution in [1.29, 1.82) is 0 Å². The summed E-state index contributed by atoms with van der Waals surface area (Å²) >= 11 is 5.00. The van der Waals surface area contributed by atoms with Gasteiger partial charge in [0, 0.05) is 14.9 Å². The van der Waals surface area contributed by atoms with Crippen LogP contribution in [0.1, 0.15) is 10.4 Å². The van der Waals surface area contributed by atoms with Gasteiger partial charge in [-0.3, -0.25) is 4.79 Å². The Morgan fingerprint density at radius 1 is 1.55 bits per heavy atom. The van der Waals surface area contributed by atoms with Gasteiger partial charge in [0.2, 0.25) is 0 Å². The number of hydrogen-bond acceptors (Lipinski definition) is 2. The van der Waals surface area contributed by atoms with Crippen LogP contribution in [-0.4, -0.2) is 12.5 Å². The molecular weight excluding hydrogens is 224 g/mol. The smallest absolute Gasteiger partial charge is 0.150 e. The van der Waals surface area contributed by atoms with Crippen molar-refractivity contribution in [3.63, 3.8) is 0 Å². The Labute approximate surface area is 78.3 Å². The molecule has 0 amide bonds. The molecule has 11 heavy (non-hydrogen) atoms. The first-order chi connectivity index (χ1) is 5.27. The number of hydrogen-bond donors (Lipinski definition) is 0. The van der Waals surface area contributed by atoms with Crippen molar-refractivity contribution in [2.24, 2.45) is 0 Å². The maximum absolute atomic E-state index is 10.4. The van der Waals surface area contributed by atoms with Crippen LogP contribution in [0.3, 0.4) is 0 Å². The third-order valence-corrected chi connectivity index (χ3v) is 3.04. The molecule has 0 heterocycles. The second-order valence-electron chi connectivity index (χ2n) is 2.01. The van der Waals surface area contributed by atoms with Crippen LogP contribution in [0.5, 0.6) is 0 Å². The summed E-state index contributed by atoms with van der Waals surface area (Å²) in [5.74, 6) is 0. The molecule has 0 aromatic heterocycles. The van der Waals surface area contributed by atoms with Crippen molar-refractivity contribution in [2.75, 3.05) is 6.26 Å². The molecule has 0 N–H and O–H groups in total. The fourth-order valence-corrected chi connectivity index (χ4v) is 2.00. The van der Waals surface area contributed by atoms with E-state index in [0.717, 1.165) is 21.2 Å². The first-order valence-electron chi connectivity index (χ1n) is 3.06. The first kappa shape index (κ1) is 8.81. The molecule has 0 aliphatic rings. The van der Waals surface area contributed by atoms with E-state index in [9.17, 15) is 4.79 Å². The zero-order valence-corrected chi connectivity index (χ0v) is 8.41. The highest BCUT2D eigenvalue weighted by Gasteiger charge is 1.98. The van der Waals surface area contributed by atoms with Gasteiger partial charge < -0.3 is 0 Å². The molecule has 0 saturated carbocycles. The average Bonchev–Trinajstić information content (AvgIpc) is 2.05. The van der Waals surface area contributed by atoms with Gasteiger partial charge in [-0.1, -0.05) is 6.07 Å². The predicted molar refractivity (Wildman–Crippen MR) is 51.3 cm³/mol. The quantitative estimate of drug-likeness (QED) is 0.574. The second kappa shape index (κ2) is 3.93. The van der Waals surface area contributed by atoms with E-state index in [1.165, 1.54) is 0 Å². The van der Waals surface area contributed by atoms with Crippen molar-refractivity contribution >= 4 is 34.0 Å². The van der Waals surface area contributed by atoms with Crippen LogP contribution in [0.15, 0.2) is 27.6 Å². The minimum Gasteiger partial charge on any atom is -0.298 e. The molecule has 1 nitrogen and oxygen atoms in total. The van der Waals surface area contributed by atoms with Crippen LogP contribution in [-0.2, 0) is 0 Å². The standard InChI is InChI=1S/C8H7BrOS/c1-11-8-4-6(5-10)2-3-7(8)9/h2-5H,1H3. The summed E-state index contributed by atoms with van der Waals surface area (Å²) in [6.45, 7) is 0. The number of carbonyl (C=O) groups is 1. The van der Waals surface area contributed by atoms with Crippen LogP contribution in [0.25, 0.3) is 0 Å². The number of rotatable bonds is 2. The second-order valence-corrected chi connectivity index (χ2v) is 3.71. The Bertz CT molecular complexity index is 273. The average molecular weight is 231 g/mol. The van der Waals surface area contributed by atoms with E-state index < -0.39 is 0 Å². The zero-order chi connectivity index (χ0) is 8.27. The maximum Gasteiger partial charge on any atom is 0.150 e. The summed E-state index contributed by atoms with van der Waals surface area (Å²) < 4.78 is 1.04. The van der Waals surface area contributed by atoms with Crippen molar-refractivity contribution in [3.05, 3.63) is 28.2 Å². The van der Waals surface area contributed by atoms with Gasteiger partial charge in [-0.2, -0.15) is 0 Å². The van der Waals surface area contributed by atoms with E-state index in [1.807, 2.05) is 18.4 Å². The summed E-state index contributed by atoms with van der Waals surface area (Å²) in [6, 6.07) is 5.54. The van der Waals surface area contributed by atoms with E-state index in [4.69, 9.17) is 0 Å². The number of carbonyl (C=O) groups excluding carboxylic acids is 1. The van der Waals surface area contributed by atoms with Crippen LogP contribution in [0.2, 0.25) is 0 Å². The van der Waals surface area contributed by atoms with Crippen molar-refractivity contribution in [1.82, 2.24) is 0 Å². The topological polar surface area (TPSA) is 17.1 Å². The molecule has 0 atom stereocenters. The Balaban J connectivity index is 3.12. The van der Waals surface area contributed by atoms with Gasteiger partial charge in [-0.25, -0.2) is 0 Å². The van der Waals surface area contributed by atoms with Gasteiger partial charge >= 0.3 is 0 Å². The van der Waals surface area contributed by atoms with E-state index in [-0.39, 0.29) is 0 Å².